The number of fused-ring (bicyclic) bond motifs is 2. The molecule has 1 atom stereocenters. The normalized spacial score (nSPS) is 14.5. The van der Waals surface area contributed by atoms with Crippen LogP contribution in [0.2, 0.25) is 0 Å². The number of carboxylic acid groups (broad SMARTS) is 1. The van der Waals surface area contributed by atoms with Crippen LogP contribution >= 0.6 is 0 Å². The Labute approximate surface area is 156 Å². The third-order valence-corrected chi connectivity index (χ3v) is 5.02. The number of aromatic amines is 1. The predicted octanol–water partition coefficient (Wildman–Crippen LogP) is 2.87. The van der Waals surface area contributed by atoms with Crippen LogP contribution in [0.5, 0.6) is 0 Å². The third-order valence-electron chi connectivity index (χ3n) is 5.02. The summed E-state index contributed by atoms with van der Waals surface area (Å²) in [6.07, 6.45) is 4.24. The van der Waals surface area contributed by atoms with E-state index in [4.69, 9.17) is 0 Å². The van der Waals surface area contributed by atoms with Gasteiger partial charge in [-0.2, -0.15) is 0 Å². The van der Waals surface area contributed by atoms with Gasteiger partial charge in [0.05, 0.1) is 5.69 Å². The average molecular weight is 363 g/mol. The molecule has 1 aromatic heterocycles. The van der Waals surface area contributed by atoms with Gasteiger partial charge in [0.25, 0.3) is 5.91 Å². The summed E-state index contributed by atoms with van der Waals surface area (Å²) in [5.74, 6) is -0.851. The number of nitrogens with zero attached hydrogens (tertiary/aromatic N) is 1. The summed E-state index contributed by atoms with van der Waals surface area (Å²) in [7, 11) is 0. The molecule has 6 nitrogen and oxygen atoms in total. The van der Waals surface area contributed by atoms with Gasteiger partial charge in [-0.25, -0.2) is 9.78 Å². The van der Waals surface area contributed by atoms with E-state index in [9.17, 15) is 14.7 Å². The lowest BCUT2D eigenvalue weighted by Gasteiger charge is -2.13. The molecule has 0 unspecified atom stereocenters. The standard InChI is InChI=1S/C21H21N3O3/c25-20(15-10-9-13-5-1-2-6-14(13)11-15)24-18(21(26)27)12-19-22-16-7-3-4-8-17(16)23-19/h1-2,5-6,9-11,18H,3-4,7-8,12H2,(H,22,23)(H,24,25)(H,26,27)/t18-/m1/s1. The number of rotatable bonds is 5. The Morgan fingerprint density at radius 1 is 1.11 bits per heavy atom. The second-order valence-corrected chi connectivity index (χ2v) is 6.95. The number of aromatic nitrogens is 2. The fourth-order valence-corrected chi connectivity index (χ4v) is 3.57. The highest BCUT2D eigenvalue weighted by molar-refractivity contribution is 6.00. The lowest BCUT2D eigenvalue weighted by Crippen LogP contribution is -2.42. The number of nitrogens with one attached hydrogen (secondary N) is 2. The molecule has 138 valence electrons. The Kier molecular flexibility index (Phi) is 4.62. The maximum atomic E-state index is 12.6. The molecule has 0 saturated carbocycles. The van der Waals surface area contributed by atoms with E-state index in [1.807, 2.05) is 30.3 Å². The predicted molar refractivity (Wildman–Crippen MR) is 102 cm³/mol. The lowest BCUT2D eigenvalue weighted by atomic mass is 10.0. The molecule has 3 aromatic rings. The van der Waals surface area contributed by atoms with E-state index in [1.54, 1.807) is 12.1 Å². The summed E-state index contributed by atoms with van der Waals surface area (Å²) in [5, 5.41) is 14.1. The molecule has 0 fully saturated rings. The van der Waals surface area contributed by atoms with Crippen LogP contribution in [0, 0.1) is 0 Å². The zero-order valence-electron chi connectivity index (χ0n) is 14.9. The maximum absolute atomic E-state index is 12.6. The molecule has 1 aliphatic rings. The van der Waals surface area contributed by atoms with Gasteiger partial charge in [-0.05, 0) is 48.6 Å². The molecule has 1 aliphatic carbocycles. The number of hydrogen-bond acceptors (Lipinski definition) is 3. The molecule has 0 radical (unpaired) electrons. The number of carbonyl (C=O) groups is 2. The molecule has 0 bridgehead atoms. The molecule has 27 heavy (non-hydrogen) atoms. The molecule has 0 spiro atoms. The van der Waals surface area contributed by atoms with Crippen molar-refractivity contribution in [3.63, 3.8) is 0 Å². The van der Waals surface area contributed by atoms with Gasteiger partial charge in [0.2, 0.25) is 0 Å². The van der Waals surface area contributed by atoms with Gasteiger partial charge < -0.3 is 15.4 Å². The van der Waals surface area contributed by atoms with Gasteiger partial charge in [0.1, 0.15) is 11.9 Å². The molecule has 4 rings (SSSR count). The van der Waals surface area contributed by atoms with Gasteiger partial charge in [-0.1, -0.05) is 30.3 Å². The van der Waals surface area contributed by atoms with Crippen LogP contribution < -0.4 is 5.32 Å². The number of imidazole rings is 1. The van der Waals surface area contributed by atoms with Crippen LogP contribution in [0.1, 0.15) is 40.4 Å². The minimum absolute atomic E-state index is 0.141. The number of carbonyl (C=O) groups excluding carboxylic acids is 1. The third kappa shape index (κ3) is 3.69. The fraction of sp³-hybridized carbons (Fsp3) is 0.286. The summed E-state index contributed by atoms with van der Waals surface area (Å²) >= 11 is 0. The quantitative estimate of drug-likeness (QED) is 0.649. The smallest absolute Gasteiger partial charge is 0.326 e. The molecule has 0 saturated heterocycles. The molecule has 1 amide bonds. The van der Waals surface area contributed by atoms with Gasteiger partial charge in [-0.3, -0.25) is 4.79 Å². The number of benzene rings is 2. The van der Waals surface area contributed by atoms with E-state index in [-0.39, 0.29) is 6.42 Å². The molecular formula is C21H21N3O3. The Morgan fingerprint density at radius 2 is 1.89 bits per heavy atom. The van der Waals surface area contributed by atoms with Crippen molar-refractivity contribution in [1.82, 2.24) is 15.3 Å². The van der Waals surface area contributed by atoms with Crippen molar-refractivity contribution in [2.24, 2.45) is 0 Å². The molecule has 3 N–H and O–H groups in total. The van der Waals surface area contributed by atoms with E-state index >= 15 is 0 Å². The highest BCUT2D eigenvalue weighted by atomic mass is 16.4. The van der Waals surface area contributed by atoms with Gasteiger partial charge >= 0.3 is 5.97 Å². The van der Waals surface area contributed by atoms with Crippen molar-refractivity contribution in [2.45, 2.75) is 38.1 Å². The van der Waals surface area contributed by atoms with Gasteiger partial charge in [0.15, 0.2) is 0 Å². The Morgan fingerprint density at radius 3 is 2.67 bits per heavy atom. The largest absolute Gasteiger partial charge is 0.480 e. The van der Waals surface area contributed by atoms with Crippen LogP contribution in [-0.4, -0.2) is 33.0 Å². The number of carboxylic acids is 1. The molecule has 6 heteroatoms. The van der Waals surface area contributed by atoms with Crippen LogP contribution in [0.25, 0.3) is 10.8 Å². The topological polar surface area (TPSA) is 95.1 Å². The molecular weight excluding hydrogens is 342 g/mol. The first-order valence-corrected chi connectivity index (χ1v) is 9.19. The van der Waals surface area contributed by atoms with E-state index < -0.39 is 17.9 Å². The van der Waals surface area contributed by atoms with Crippen molar-refractivity contribution >= 4 is 22.6 Å². The first kappa shape index (κ1) is 17.3. The van der Waals surface area contributed by atoms with Crippen molar-refractivity contribution in [3.8, 4) is 0 Å². The van der Waals surface area contributed by atoms with Crippen LogP contribution in [0.4, 0.5) is 0 Å². The highest BCUT2D eigenvalue weighted by Gasteiger charge is 2.24. The summed E-state index contributed by atoms with van der Waals surface area (Å²) < 4.78 is 0. The highest BCUT2D eigenvalue weighted by Crippen LogP contribution is 2.19. The minimum atomic E-state index is -1.07. The second-order valence-electron chi connectivity index (χ2n) is 6.95. The van der Waals surface area contributed by atoms with E-state index in [0.717, 1.165) is 47.8 Å². The number of hydrogen-bond donors (Lipinski definition) is 3. The fourth-order valence-electron chi connectivity index (χ4n) is 3.57. The zero-order valence-corrected chi connectivity index (χ0v) is 14.9. The van der Waals surface area contributed by atoms with Crippen LogP contribution in [-0.2, 0) is 24.1 Å². The molecule has 0 aliphatic heterocycles. The number of H-pyrrole nitrogens is 1. The Bertz CT molecular complexity index is 985. The van der Waals surface area contributed by atoms with E-state index in [1.165, 1.54) is 0 Å². The average Bonchev–Trinajstić information content (AvgIpc) is 3.09. The second kappa shape index (κ2) is 7.23. The SMILES string of the molecule is O=C(N[C@H](Cc1nc2c([nH]1)CCCC2)C(=O)O)c1ccc2ccccc2c1. The van der Waals surface area contributed by atoms with E-state index in [2.05, 4.69) is 15.3 Å². The summed E-state index contributed by atoms with van der Waals surface area (Å²) in [6.45, 7) is 0. The maximum Gasteiger partial charge on any atom is 0.326 e. The molecule has 2 aromatic carbocycles. The number of aryl methyl sites for hydroxylation is 2. The van der Waals surface area contributed by atoms with Crippen LogP contribution in [0.3, 0.4) is 0 Å². The first-order chi connectivity index (χ1) is 13.1. The Balaban J connectivity index is 1.51. The van der Waals surface area contributed by atoms with Crippen molar-refractivity contribution < 1.29 is 14.7 Å². The summed E-state index contributed by atoms with van der Waals surface area (Å²) in [6, 6.07) is 12.0. The zero-order chi connectivity index (χ0) is 18.8. The van der Waals surface area contributed by atoms with Gasteiger partial charge in [-0.15, -0.1) is 0 Å². The Hall–Kier alpha value is -3.15. The summed E-state index contributed by atoms with van der Waals surface area (Å²) in [5.41, 5.74) is 2.57. The number of aliphatic carboxylic acids is 1. The van der Waals surface area contributed by atoms with Crippen molar-refractivity contribution in [2.75, 3.05) is 0 Å². The van der Waals surface area contributed by atoms with Crippen molar-refractivity contribution in [1.29, 1.82) is 0 Å². The minimum Gasteiger partial charge on any atom is -0.480 e. The first-order valence-electron chi connectivity index (χ1n) is 9.19. The van der Waals surface area contributed by atoms with Crippen LogP contribution in [0.15, 0.2) is 42.5 Å². The monoisotopic (exact) mass is 363 g/mol. The van der Waals surface area contributed by atoms with Crippen molar-refractivity contribution in [3.05, 3.63) is 65.2 Å². The lowest BCUT2D eigenvalue weighted by molar-refractivity contribution is -0.139. The number of amides is 1. The van der Waals surface area contributed by atoms with Gasteiger partial charge in [0, 0.05) is 17.7 Å². The molecule has 1 heterocycles. The summed E-state index contributed by atoms with van der Waals surface area (Å²) in [4.78, 5) is 32.0. The van der Waals surface area contributed by atoms with E-state index in [0.29, 0.717) is 11.4 Å².